The van der Waals surface area contributed by atoms with Gasteiger partial charge in [-0.05, 0) is 50.3 Å². The van der Waals surface area contributed by atoms with Crippen molar-refractivity contribution in [3.63, 3.8) is 0 Å². The maximum atomic E-state index is 12.2. The van der Waals surface area contributed by atoms with Crippen LogP contribution < -0.4 is 5.32 Å². The summed E-state index contributed by atoms with van der Waals surface area (Å²) in [6, 6.07) is 6.46. The van der Waals surface area contributed by atoms with E-state index in [2.05, 4.69) is 37.3 Å². The van der Waals surface area contributed by atoms with E-state index in [0.29, 0.717) is 11.1 Å². The minimum atomic E-state index is -0.119. The van der Waals surface area contributed by atoms with Crippen LogP contribution in [0.5, 0.6) is 0 Å². The molecule has 0 radical (unpaired) electrons. The first kappa shape index (κ1) is 16.1. The van der Waals surface area contributed by atoms with E-state index in [9.17, 15) is 4.79 Å². The Balaban J connectivity index is 1.28. The van der Waals surface area contributed by atoms with E-state index in [1.807, 2.05) is 13.0 Å². The van der Waals surface area contributed by atoms with Crippen LogP contribution in [-0.2, 0) is 6.54 Å². The Morgan fingerprint density at radius 1 is 1.36 bits per heavy atom. The van der Waals surface area contributed by atoms with Crippen LogP contribution in [-0.4, -0.2) is 44.9 Å². The maximum absolute atomic E-state index is 12.2. The van der Waals surface area contributed by atoms with Crippen LogP contribution >= 0.6 is 0 Å². The van der Waals surface area contributed by atoms with E-state index in [1.165, 1.54) is 12.6 Å². The van der Waals surface area contributed by atoms with Crippen molar-refractivity contribution >= 4 is 5.91 Å². The Labute approximate surface area is 147 Å². The van der Waals surface area contributed by atoms with E-state index in [1.54, 1.807) is 12.4 Å². The van der Waals surface area contributed by atoms with Gasteiger partial charge in [-0.3, -0.25) is 19.7 Å². The molecule has 1 spiro atoms. The summed E-state index contributed by atoms with van der Waals surface area (Å²) < 4.78 is 0. The van der Waals surface area contributed by atoms with Crippen LogP contribution in [0.2, 0.25) is 0 Å². The number of aromatic nitrogens is 3. The van der Waals surface area contributed by atoms with Gasteiger partial charge in [0.25, 0.3) is 5.91 Å². The fourth-order valence-corrected chi connectivity index (χ4v) is 4.18. The lowest BCUT2D eigenvalue weighted by atomic mass is 9.65. The van der Waals surface area contributed by atoms with Gasteiger partial charge in [0.05, 0.1) is 11.9 Å². The van der Waals surface area contributed by atoms with Gasteiger partial charge in [-0.25, -0.2) is 4.98 Å². The molecule has 1 saturated heterocycles. The van der Waals surface area contributed by atoms with Crippen molar-refractivity contribution in [3.05, 3.63) is 53.9 Å². The lowest BCUT2D eigenvalue weighted by molar-refractivity contribution is 0.0689. The van der Waals surface area contributed by atoms with Crippen molar-refractivity contribution in [1.29, 1.82) is 0 Å². The summed E-state index contributed by atoms with van der Waals surface area (Å²) in [5.41, 5.74) is 2.97. The van der Waals surface area contributed by atoms with Crippen molar-refractivity contribution in [2.24, 2.45) is 5.41 Å². The molecule has 0 aromatic carbocycles. The SMILES string of the molecule is Cc1cccc(CN2CCC3(CC(NC(=O)c4cnccn4)C3)C2)n1. The summed E-state index contributed by atoms with van der Waals surface area (Å²) in [7, 11) is 0. The Morgan fingerprint density at radius 2 is 2.24 bits per heavy atom. The van der Waals surface area contributed by atoms with Crippen LogP contribution in [0.4, 0.5) is 0 Å². The van der Waals surface area contributed by atoms with Crippen molar-refractivity contribution in [2.75, 3.05) is 13.1 Å². The number of aryl methyl sites for hydroxylation is 1. The number of likely N-dealkylation sites (tertiary alicyclic amines) is 1. The number of pyridine rings is 1. The summed E-state index contributed by atoms with van der Waals surface area (Å²) in [6.07, 6.45) is 7.94. The average molecular weight is 337 g/mol. The monoisotopic (exact) mass is 337 g/mol. The maximum Gasteiger partial charge on any atom is 0.271 e. The zero-order valence-electron chi connectivity index (χ0n) is 14.5. The molecule has 4 rings (SSSR count). The summed E-state index contributed by atoms with van der Waals surface area (Å²) in [6.45, 7) is 5.16. The quantitative estimate of drug-likeness (QED) is 0.923. The van der Waals surface area contributed by atoms with Crippen LogP contribution in [0, 0.1) is 12.3 Å². The molecule has 0 atom stereocenters. The molecule has 1 saturated carbocycles. The highest BCUT2D eigenvalue weighted by Gasteiger charge is 2.48. The van der Waals surface area contributed by atoms with Gasteiger partial charge in [-0.1, -0.05) is 6.07 Å². The molecule has 1 aliphatic carbocycles. The van der Waals surface area contributed by atoms with E-state index in [4.69, 9.17) is 0 Å². The molecular weight excluding hydrogens is 314 g/mol. The third-order valence-electron chi connectivity index (χ3n) is 5.34. The molecular formula is C19H23N5O. The standard InChI is InChI=1S/C19H23N5O/c1-14-3-2-4-15(22-14)12-24-8-5-19(13-24)9-16(10-19)23-18(25)17-11-20-6-7-21-17/h2-4,6-7,11,16H,5,8-10,12-13H2,1H3,(H,23,25). The number of rotatable bonds is 4. The second kappa shape index (κ2) is 6.52. The molecule has 2 aromatic rings. The van der Waals surface area contributed by atoms with Crippen LogP contribution in [0.1, 0.15) is 41.1 Å². The first-order chi connectivity index (χ1) is 12.1. The molecule has 1 N–H and O–H groups in total. The van der Waals surface area contributed by atoms with Crippen LogP contribution in [0.3, 0.4) is 0 Å². The van der Waals surface area contributed by atoms with Crippen LogP contribution in [0.25, 0.3) is 0 Å². The molecule has 0 bridgehead atoms. The molecule has 1 aliphatic heterocycles. The number of nitrogens with zero attached hydrogens (tertiary/aromatic N) is 4. The molecule has 1 amide bonds. The minimum Gasteiger partial charge on any atom is -0.348 e. The number of hydrogen-bond donors (Lipinski definition) is 1. The number of nitrogens with one attached hydrogen (secondary N) is 1. The van der Waals surface area contributed by atoms with Gasteiger partial charge < -0.3 is 5.32 Å². The largest absolute Gasteiger partial charge is 0.348 e. The van der Waals surface area contributed by atoms with Crippen LogP contribution in [0.15, 0.2) is 36.8 Å². The molecule has 6 nitrogen and oxygen atoms in total. The normalized spacial score (nSPS) is 25.7. The number of amides is 1. The molecule has 3 heterocycles. The summed E-state index contributed by atoms with van der Waals surface area (Å²) >= 11 is 0. The van der Waals surface area contributed by atoms with Crippen molar-refractivity contribution < 1.29 is 4.79 Å². The summed E-state index contributed by atoms with van der Waals surface area (Å²) in [5.74, 6) is -0.119. The highest BCUT2D eigenvalue weighted by molar-refractivity contribution is 5.92. The van der Waals surface area contributed by atoms with Gasteiger partial charge in [-0.15, -0.1) is 0 Å². The predicted octanol–water partition coefficient (Wildman–Crippen LogP) is 1.96. The van der Waals surface area contributed by atoms with Gasteiger partial charge in [0.2, 0.25) is 0 Å². The Hall–Kier alpha value is -2.34. The molecule has 25 heavy (non-hydrogen) atoms. The minimum absolute atomic E-state index is 0.119. The highest BCUT2D eigenvalue weighted by Crippen LogP contribution is 2.48. The van der Waals surface area contributed by atoms with Crippen molar-refractivity contribution in [2.45, 2.75) is 38.8 Å². The van der Waals surface area contributed by atoms with Gasteiger partial charge >= 0.3 is 0 Å². The molecule has 2 fully saturated rings. The Bertz CT molecular complexity index is 757. The Morgan fingerprint density at radius 3 is 3.00 bits per heavy atom. The molecule has 2 aliphatic rings. The van der Waals surface area contributed by atoms with E-state index in [0.717, 1.165) is 43.9 Å². The molecule has 2 aromatic heterocycles. The lowest BCUT2D eigenvalue weighted by Gasteiger charge is -2.45. The van der Waals surface area contributed by atoms with Gasteiger partial charge in [0.15, 0.2) is 0 Å². The topological polar surface area (TPSA) is 71.0 Å². The zero-order chi connectivity index (χ0) is 17.3. The van der Waals surface area contributed by atoms with Gasteiger partial charge in [0, 0.05) is 37.2 Å². The molecule has 6 heteroatoms. The fourth-order valence-electron chi connectivity index (χ4n) is 4.18. The highest BCUT2D eigenvalue weighted by atomic mass is 16.2. The number of carbonyl (C=O) groups excluding carboxylic acids is 1. The fraction of sp³-hybridized carbons (Fsp3) is 0.474. The van der Waals surface area contributed by atoms with Gasteiger partial charge in [0.1, 0.15) is 5.69 Å². The number of carbonyl (C=O) groups is 1. The van der Waals surface area contributed by atoms with Gasteiger partial charge in [-0.2, -0.15) is 0 Å². The van der Waals surface area contributed by atoms with E-state index >= 15 is 0 Å². The van der Waals surface area contributed by atoms with E-state index in [-0.39, 0.29) is 11.9 Å². The molecule has 130 valence electrons. The second-order valence-corrected chi connectivity index (χ2v) is 7.40. The lowest BCUT2D eigenvalue weighted by Crippen LogP contribution is -2.52. The first-order valence-electron chi connectivity index (χ1n) is 8.84. The summed E-state index contributed by atoms with van der Waals surface area (Å²) in [5, 5.41) is 3.08. The molecule has 0 unspecified atom stereocenters. The van der Waals surface area contributed by atoms with Crippen molar-refractivity contribution in [3.8, 4) is 0 Å². The Kier molecular flexibility index (Phi) is 4.21. The van der Waals surface area contributed by atoms with E-state index < -0.39 is 0 Å². The number of hydrogen-bond acceptors (Lipinski definition) is 5. The third-order valence-corrected chi connectivity index (χ3v) is 5.34. The third kappa shape index (κ3) is 3.54. The predicted molar refractivity (Wildman–Crippen MR) is 93.8 cm³/mol. The zero-order valence-corrected chi connectivity index (χ0v) is 14.5. The average Bonchev–Trinajstić information content (AvgIpc) is 2.99. The van der Waals surface area contributed by atoms with Crippen molar-refractivity contribution in [1.82, 2.24) is 25.2 Å². The smallest absolute Gasteiger partial charge is 0.271 e. The second-order valence-electron chi connectivity index (χ2n) is 7.40. The summed E-state index contributed by atoms with van der Waals surface area (Å²) in [4.78, 5) is 27.3. The first-order valence-corrected chi connectivity index (χ1v) is 8.84.